The lowest BCUT2D eigenvalue weighted by Crippen LogP contribution is -2.18. The Morgan fingerprint density at radius 2 is 2.47 bits per heavy atom. The smallest absolute Gasteiger partial charge is 0.127 e. The van der Waals surface area contributed by atoms with Crippen LogP contribution in [0.15, 0.2) is 24.8 Å². The molecule has 0 aromatic carbocycles. The number of aromatic nitrogens is 4. The van der Waals surface area contributed by atoms with Crippen LogP contribution < -0.4 is 5.32 Å². The van der Waals surface area contributed by atoms with Gasteiger partial charge in [0.2, 0.25) is 0 Å². The van der Waals surface area contributed by atoms with Crippen molar-refractivity contribution in [1.29, 1.82) is 0 Å². The third-order valence-electron chi connectivity index (χ3n) is 2.39. The van der Waals surface area contributed by atoms with Gasteiger partial charge in [-0.2, -0.15) is 5.10 Å². The summed E-state index contributed by atoms with van der Waals surface area (Å²) in [5.74, 6) is 0.910. The van der Waals surface area contributed by atoms with Crippen molar-refractivity contribution < 1.29 is 0 Å². The Kier molecular flexibility index (Phi) is 2.82. The fraction of sp³-hybridized carbons (Fsp3) is 0.400. The predicted octanol–water partition coefficient (Wildman–Crippen LogP) is 0.935. The quantitative estimate of drug-likeness (QED) is 0.780. The molecule has 1 atom stereocenters. The van der Waals surface area contributed by atoms with Crippen LogP contribution in [0.3, 0.4) is 0 Å². The maximum Gasteiger partial charge on any atom is 0.127 e. The lowest BCUT2D eigenvalue weighted by Gasteiger charge is -2.10. The summed E-state index contributed by atoms with van der Waals surface area (Å²) in [6.07, 6.45) is 7.48. The van der Waals surface area contributed by atoms with E-state index in [1.807, 2.05) is 30.3 Å². The monoisotopic (exact) mass is 205 g/mol. The minimum absolute atomic E-state index is 0.0836. The lowest BCUT2D eigenvalue weighted by molar-refractivity contribution is 0.642. The van der Waals surface area contributed by atoms with Gasteiger partial charge in [-0.05, 0) is 14.0 Å². The molecule has 0 radical (unpaired) electrons. The molecule has 0 saturated heterocycles. The molecule has 0 aliphatic carbocycles. The first-order valence-electron chi connectivity index (χ1n) is 5.04. The molecular formula is C10H15N5. The highest BCUT2D eigenvalue weighted by Gasteiger charge is 2.15. The summed E-state index contributed by atoms with van der Waals surface area (Å²) in [7, 11) is 1.91. The van der Waals surface area contributed by atoms with Crippen molar-refractivity contribution >= 4 is 0 Å². The maximum atomic E-state index is 4.25. The molecule has 2 heterocycles. The molecule has 0 fully saturated rings. The van der Waals surface area contributed by atoms with Crippen molar-refractivity contribution in [3.05, 3.63) is 36.2 Å². The van der Waals surface area contributed by atoms with Crippen LogP contribution in [0.1, 0.15) is 24.4 Å². The van der Waals surface area contributed by atoms with Crippen LogP contribution in [0.5, 0.6) is 0 Å². The molecule has 0 saturated carbocycles. The number of aryl methyl sites for hydroxylation is 1. The van der Waals surface area contributed by atoms with Crippen molar-refractivity contribution in [1.82, 2.24) is 25.1 Å². The van der Waals surface area contributed by atoms with Crippen molar-refractivity contribution in [2.24, 2.45) is 0 Å². The van der Waals surface area contributed by atoms with Crippen LogP contribution in [0.2, 0.25) is 0 Å². The Hall–Kier alpha value is -1.62. The summed E-state index contributed by atoms with van der Waals surface area (Å²) in [5.41, 5.74) is 1.12. The maximum absolute atomic E-state index is 4.25. The molecule has 2 aromatic heterocycles. The number of nitrogens with one attached hydrogen (secondary N) is 2. The molecule has 0 aliphatic heterocycles. The SMILES string of the molecule is CCn1cc(C(NC)c2ncc[nH]2)cn1. The standard InChI is InChI=1S/C10H15N5/c1-3-15-7-8(6-14-15)9(11-2)10-12-4-5-13-10/h4-7,9,11H,3H2,1-2H3,(H,12,13). The molecular weight excluding hydrogens is 190 g/mol. The summed E-state index contributed by atoms with van der Waals surface area (Å²) in [6.45, 7) is 2.95. The molecule has 2 rings (SSSR count). The first-order valence-corrected chi connectivity index (χ1v) is 5.04. The van der Waals surface area contributed by atoms with Gasteiger partial charge in [-0.1, -0.05) is 0 Å². The Balaban J connectivity index is 2.27. The Morgan fingerprint density at radius 3 is 3.00 bits per heavy atom. The van der Waals surface area contributed by atoms with Crippen molar-refractivity contribution in [3.63, 3.8) is 0 Å². The number of rotatable bonds is 4. The zero-order chi connectivity index (χ0) is 10.7. The Morgan fingerprint density at radius 1 is 1.60 bits per heavy atom. The molecule has 1 unspecified atom stereocenters. The first-order chi connectivity index (χ1) is 7.35. The fourth-order valence-electron chi connectivity index (χ4n) is 1.60. The van der Waals surface area contributed by atoms with Crippen molar-refractivity contribution in [2.45, 2.75) is 19.5 Å². The number of hydrogen-bond acceptors (Lipinski definition) is 3. The normalized spacial score (nSPS) is 12.9. The number of imidazole rings is 1. The lowest BCUT2D eigenvalue weighted by atomic mass is 10.1. The highest BCUT2D eigenvalue weighted by molar-refractivity contribution is 5.19. The highest BCUT2D eigenvalue weighted by atomic mass is 15.3. The third kappa shape index (κ3) is 1.92. The molecule has 2 aromatic rings. The number of H-pyrrole nitrogens is 1. The van der Waals surface area contributed by atoms with Gasteiger partial charge in [-0.25, -0.2) is 4.98 Å². The van der Waals surface area contributed by atoms with Crippen LogP contribution in [0, 0.1) is 0 Å². The van der Waals surface area contributed by atoms with Gasteiger partial charge in [0.05, 0.1) is 12.2 Å². The van der Waals surface area contributed by atoms with Crippen LogP contribution in [-0.2, 0) is 6.54 Å². The second-order valence-corrected chi connectivity index (χ2v) is 3.33. The zero-order valence-electron chi connectivity index (χ0n) is 8.94. The molecule has 0 aliphatic rings. The Labute approximate surface area is 88.5 Å². The van der Waals surface area contributed by atoms with E-state index < -0.39 is 0 Å². The van der Waals surface area contributed by atoms with E-state index in [0.29, 0.717) is 0 Å². The molecule has 0 amide bonds. The van der Waals surface area contributed by atoms with E-state index in [1.165, 1.54) is 0 Å². The first kappa shape index (κ1) is 9.92. The van der Waals surface area contributed by atoms with E-state index >= 15 is 0 Å². The highest BCUT2D eigenvalue weighted by Crippen LogP contribution is 2.17. The topological polar surface area (TPSA) is 58.5 Å². The van der Waals surface area contributed by atoms with Crippen molar-refractivity contribution in [3.8, 4) is 0 Å². The summed E-state index contributed by atoms with van der Waals surface area (Å²) >= 11 is 0. The largest absolute Gasteiger partial charge is 0.347 e. The molecule has 2 N–H and O–H groups in total. The van der Waals surface area contributed by atoms with Crippen LogP contribution in [0.4, 0.5) is 0 Å². The molecule has 5 nitrogen and oxygen atoms in total. The minimum Gasteiger partial charge on any atom is -0.347 e. The molecule has 80 valence electrons. The van der Waals surface area contributed by atoms with Crippen molar-refractivity contribution in [2.75, 3.05) is 7.05 Å². The van der Waals surface area contributed by atoms with E-state index in [9.17, 15) is 0 Å². The zero-order valence-corrected chi connectivity index (χ0v) is 8.94. The average Bonchev–Trinajstić information content (AvgIpc) is 2.89. The summed E-state index contributed by atoms with van der Waals surface area (Å²) in [4.78, 5) is 7.35. The Bertz CT molecular complexity index is 403. The summed E-state index contributed by atoms with van der Waals surface area (Å²) < 4.78 is 1.91. The molecule has 5 heteroatoms. The van der Waals surface area contributed by atoms with E-state index in [4.69, 9.17) is 0 Å². The minimum atomic E-state index is 0.0836. The van der Waals surface area contributed by atoms with Gasteiger partial charge in [-0.3, -0.25) is 4.68 Å². The van der Waals surface area contributed by atoms with Gasteiger partial charge in [0.25, 0.3) is 0 Å². The number of aromatic amines is 1. The van der Waals surface area contributed by atoms with E-state index in [1.54, 1.807) is 6.20 Å². The van der Waals surface area contributed by atoms with Gasteiger partial charge in [0, 0.05) is 30.7 Å². The molecule has 0 spiro atoms. The van der Waals surface area contributed by atoms with Gasteiger partial charge >= 0.3 is 0 Å². The molecule has 15 heavy (non-hydrogen) atoms. The van der Waals surface area contributed by atoms with Gasteiger partial charge in [-0.15, -0.1) is 0 Å². The number of nitrogens with zero attached hydrogens (tertiary/aromatic N) is 3. The van der Waals surface area contributed by atoms with Gasteiger partial charge in [0.15, 0.2) is 0 Å². The number of hydrogen-bond donors (Lipinski definition) is 2. The summed E-state index contributed by atoms with van der Waals surface area (Å²) in [6, 6.07) is 0.0836. The van der Waals surface area contributed by atoms with E-state index in [2.05, 4.69) is 27.3 Å². The van der Waals surface area contributed by atoms with E-state index in [0.717, 1.165) is 17.9 Å². The predicted molar refractivity (Wildman–Crippen MR) is 57.4 cm³/mol. The van der Waals surface area contributed by atoms with E-state index in [-0.39, 0.29) is 6.04 Å². The average molecular weight is 205 g/mol. The summed E-state index contributed by atoms with van der Waals surface area (Å²) in [5, 5.41) is 7.46. The second kappa shape index (κ2) is 4.27. The van der Waals surface area contributed by atoms with Gasteiger partial charge in [0.1, 0.15) is 5.82 Å². The van der Waals surface area contributed by atoms with Crippen LogP contribution in [-0.4, -0.2) is 26.8 Å². The second-order valence-electron chi connectivity index (χ2n) is 3.33. The third-order valence-corrected chi connectivity index (χ3v) is 2.39. The fourth-order valence-corrected chi connectivity index (χ4v) is 1.60. The molecule has 0 bridgehead atoms. The van der Waals surface area contributed by atoms with Crippen LogP contribution in [0.25, 0.3) is 0 Å². The van der Waals surface area contributed by atoms with Crippen LogP contribution >= 0.6 is 0 Å². The van der Waals surface area contributed by atoms with Gasteiger partial charge < -0.3 is 10.3 Å².